The van der Waals surface area contributed by atoms with Gasteiger partial charge in [-0.3, -0.25) is 0 Å². The molecule has 690 valence electrons. The van der Waals surface area contributed by atoms with Crippen LogP contribution in [0.5, 0.6) is 0 Å². The van der Waals surface area contributed by atoms with Crippen LogP contribution in [0.3, 0.4) is 0 Å². The standard InChI is InChI=1S/C54H36N4.C49H30N2.C36H22N2S/c1-7-19-49-43(13-1)44-14-2-8-20-50(44)56(49)40-31-25-37(26-32-40)55(38-27-33-41(34-28-38)57-51-21-9-3-15-45(51)46-16-4-10-22-52(46)57)39-29-35-42(36-30-39)58-53-23-11-5-17-47(53)48-18-6-12-24-54(48)58;1-7-19-41-33(13-1)34-14-2-8-20-42(34)49(41)43-27-25-31(50-45-21-9-3-15-35(45)36-16-4-10-22-46(36)50)29-39(43)40-30-32(26-28-44(40)49)51-47-23-11-5-17-37(47)38-18-6-12-24-48(38)51;1-5-13-31-25(9-1)26-10-2-6-14-32(26)37(31)23-17-19-35-29(21-23)30-22-24(18-20-36(30)39-35)38-33-15-7-3-11-27(33)28-12-4-8-16-34(28)38/h1-36H;1-30H;1-22H. The first-order chi connectivity index (χ1) is 73.5. The second kappa shape index (κ2) is 32.9. The van der Waals surface area contributed by atoms with Gasteiger partial charge in [-0.05, 0) is 263 Å². The molecule has 0 saturated carbocycles. The Labute approximate surface area is 855 Å². The van der Waals surface area contributed by atoms with Gasteiger partial charge in [-0.2, -0.15) is 0 Å². The Kier molecular flexibility index (Phi) is 18.5. The number of nitrogens with zero attached hydrogens (tertiary/aromatic N) is 8. The average Bonchev–Trinajstić information content (AvgIpc) is 1.50. The van der Waals surface area contributed by atoms with Gasteiger partial charge in [-0.15, -0.1) is 11.3 Å². The predicted octanol–water partition coefficient (Wildman–Crippen LogP) is 36.9. The first-order valence-electron chi connectivity index (χ1n) is 50.9. The maximum absolute atomic E-state index is 2.46. The molecule has 0 N–H and O–H groups in total. The summed E-state index contributed by atoms with van der Waals surface area (Å²) in [4.78, 5) is 2.36. The SMILES string of the molecule is c1ccc2c(c1)-c1ccccc1C21c2ccc(-n3c4ccccc4c4ccccc43)cc2-c2cc(-n3c4ccccc4c4ccccc43)ccc21.c1ccc2c(c1)c1ccccc1n2-c1ccc(N(c2ccc(-n3c4ccccc4c4ccccc43)cc2)c2ccc(-n3c4ccccc4c4ccccc43)cc2)cc1.c1ccc2c(c1)c1ccccc1n2-c1ccc2sc3ccc(-n4c5ccccc5c5ccccc54)cc3c2c1. The smallest absolute Gasteiger partial charge is 0.0725 e. The van der Waals surface area contributed by atoms with E-state index in [0.717, 1.165) is 34.1 Å². The zero-order valence-electron chi connectivity index (χ0n) is 80.3. The third kappa shape index (κ3) is 12.3. The lowest BCUT2D eigenvalue weighted by Crippen LogP contribution is -2.25. The highest BCUT2D eigenvalue weighted by molar-refractivity contribution is 7.25. The van der Waals surface area contributed by atoms with Crippen LogP contribution in [0.15, 0.2) is 534 Å². The van der Waals surface area contributed by atoms with Crippen molar-refractivity contribution in [1.29, 1.82) is 0 Å². The van der Waals surface area contributed by atoms with Gasteiger partial charge >= 0.3 is 0 Å². The van der Waals surface area contributed by atoms with Crippen molar-refractivity contribution in [2.45, 2.75) is 5.41 Å². The molecule has 33 rings (SSSR count). The molecule has 148 heavy (non-hydrogen) atoms. The lowest BCUT2D eigenvalue weighted by Gasteiger charge is -2.30. The maximum atomic E-state index is 2.46. The van der Waals surface area contributed by atoms with Gasteiger partial charge in [0.1, 0.15) is 0 Å². The molecule has 0 amide bonds. The Hall–Kier alpha value is -19.3. The molecule has 0 unspecified atom stereocenters. The summed E-state index contributed by atoms with van der Waals surface area (Å²) in [6.07, 6.45) is 0. The van der Waals surface area contributed by atoms with Gasteiger partial charge in [-0.1, -0.05) is 315 Å². The van der Waals surface area contributed by atoms with Gasteiger partial charge in [0.25, 0.3) is 0 Å². The molecule has 9 heteroatoms. The molecule has 0 aliphatic heterocycles. The minimum Gasteiger partial charge on any atom is -0.310 e. The minimum atomic E-state index is -0.406. The molecule has 2 aliphatic rings. The molecule has 8 heterocycles. The van der Waals surface area contributed by atoms with Crippen molar-refractivity contribution in [3.63, 3.8) is 0 Å². The average molecular weight is 1900 g/mol. The third-order valence-corrected chi connectivity index (χ3v) is 32.8. The molecule has 8 aromatic heterocycles. The van der Waals surface area contributed by atoms with Crippen LogP contribution in [0, 0.1) is 0 Å². The van der Waals surface area contributed by atoms with Crippen LogP contribution >= 0.6 is 11.3 Å². The van der Waals surface area contributed by atoms with Gasteiger partial charge in [0, 0.05) is 152 Å². The van der Waals surface area contributed by atoms with Gasteiger partial charge in [0.05, 0.1) is 82.6 Å². The number of hydrogen-bond acceptors (Lipinski definition) is 2. The van der Waals surface area contributed by atoms with E-state index in [0.29, 0.717) is 0 Å². The molecule has 8 nitrogen and oxygen atoms in total. The highest BCUT2D eigenvalue weighted by Gasteiger charge is 2.52. The maximum Gasteiger partial charge on any atom is 0.0725 e. The lowest BCUT2D eigenvalue weighted by atomic mass is 9.70. The summed E-state index contributed by atoms with van der Waals surface area (Å²) >= 11 is 1.87. The minimum absolute atomic E-state index is 0.406. The highest BCUT2D eigenvalue weighted by Crippen LogP contribution is 2.64. The Morgan fingerprint density at radius 3 is 0.527 bits per heavy atom. The molecule has 2 aliphatic carbocycles. The Morgan fingerprint density at radius 2 is 0.304 bits per heavy atom. The summed E-state index contributed by atoms with van der Waals surface area (Å²) in [5.74, 6) is 0. The van der Waals surface area contributed by atoms with Gasteiger partial charge in [-0.25, -0.2) is 0 Å². The quantitative estimate of drug-likeness (QED) is 0.134. The molecule has 23 aromatic carbocycles. The molecule has 0 radical (unpaired) electrons. The summed E-state index contributed by atoms with van der Waals surface area (Å²) in [5, 5.41) is 20.4. The van der Waals surface area contributed by atoms with E-state index in [9.17, 15) is 0 Å². The van der Waals surface area contributed by atoms with E-state index in [1.165, 1.54) is 240 Å². The predicted molar refractivity (Wildman–Crippen MR) is 624 cm³/mol. The fourth-order valence-electron chi connectivity index (χ4n) is 25.5. The van der Waals surface area contributed by atoms with E-state index in [2.05, 4.69) is 571 Å². The van der Waals surface area contributed by atoms with Crippen LogP contribution in [0.25, 0.3) is 235 Å². The van der Waals surface area contributed by atoms with E-state index >= 15 is 0 Å². The van der Waals surface area contributed by atoms with E-state index in [1.54, 1.807) is 0 Å². The molecule has 0 atom stereocenters. The van der Waals surface area contributed by atoms with Crippen molar-refractivity contribution in [1.82, 2.24) is 32.0 Å². The Morgan fingerprint density at radius 1 is 0.135 bits per heavy atom. The number of benzene rings is 23. The van der Waals surface area contributed by atoms with Crippen LogP contribution in [0.2, 0.25) is 0 Å². The monoisotopic (exact) mass is 1900 g/mol. The first-order valence-corrected chi connectivity index (χ1v) is 51.7. The van der Waals surface area contributed by atoms with E-state index in [-0.39, 0.29) is 0 Å². The first kappa shape index (κ1) is 83.3. The third-order valence-electron chi connectivity index (χ3n) is 31.7. The van der Waals surface area contributed by atoms with Crippen LogP contribution in [0.4, 0.5) is 17.1 Å². The van der Waals surface area contributed by atoms with Gasteiger partial charge in [0.2, 0.25) is 0 Å². The van der Waals surface area contributed by atoms with Crippen molar-refractivity contribution in [2.75, 3.05) is 4.90 Å². The van der Waals surface area contributed by atoms with E-state index in [1.807, 2.05) is 11.3 Å². The van der Waals surface area contributed by atoms with Gasteiger partial charge < -0.3 is 36.9 Å². The number of anilines is 3. The molecule has 31 aromatic rings. The van der Waals surface area contributed by atoms with Crippen LogP contribution in [0.1, 0.15) is 22.3 Å². The Balaban J connectivity index is 0.000000102. The second-order valence-electron chi connectivity index (χ2n) is 39.2. The largest absolute Gasteiger partial charge is 0.310 e. The van der Waals surface area contributed by atoms with Crippen molar-refractivity contribution < 1.29 is 0 Å². The molecule has 0 bridgehead atoms. The zero-order valence-corrected chi connectivity index (χ0v) is 81.1. The number of hydrogen-bond donors (Lipinski definition) is 0. The topological polar surface area (TPSA) is 37.8 Å². The molecule has 0 fully saturated rings. The van der Waals surface area contributed by atoms with Crippen LogP contribution in [-0.2, 0) is 5.41 Å². The summed E-state index contributed by atoms with van der Waals surface area (Å²) in [6.45, 7) is 0. The van der Waals surface area contributed by atoms with E-state index < -0.39 is 5.41 Å². The zero-order chi connectivity index (χ0) is 96.9. The van der Waals surface area contributed by atoms with Crippen molar-refractivity contribution in [3.05, 3.63) is 556 Å². The molecule has 0 saturated heterocycles. The summed E-state index contributed by atoms with van der Waals surface area (Å²) < 4.78 is 19.5. The number of aromatic nitrogens is 7. The van der Waals surface area contributed by atoms with Crippen molar-refractivity contribution >= 4 is 201 Å². The van der Waals surface area contributed by atoms with Crippen molar-refractivity contribution in [3.8, 4) is 62.1 Å². The number of fused-ring (bicyclic) bond motifs is 34. The normalized spacial score (nSPS) is 12.5. The number of rotatable bonds is 10. The van der Waals surface area contributed by atoms with E-state index in [4.69, 9.17) is 0 Å². The lowest BCUT2D eigenvalue weighted by molar-refractivity contribution is 0.793. The summed E-state index contributed by atoms with van der Waals surface area (Å²) in [7, 11) is 0. The summed E-state index contributed by atoms with van der Waals surface area (Å²) in [6, 6.07) is 196. The summed E-state index contributed by atoms with van der Waals surface area (Å²) in [5.41, 5.74) is 38.7. The van der Waals surface area contributed by atoms with Crippen LogP contribution < -0.4 is 4.90 Å². The Bertz CT molecular complexity index is 9810. The number of para-hydroxylation sites is 14. The fraction of sp³-hybridized carbons (Fsp3) is 0.00719. The molecular weight excluding hydrogens is 1810 g/mol. The van der Waals surface area contributed by atoms with Gasteiger partial charge in [0.15, 0.2) is 0 Å². The molecular formula is C139H88N8S. The van der Waals surface area contributed by atoms with Crippen molar-refractivity contribution in [2.24, 2.45) is 0 Å². The highest BCUT2D eigenvalue weighted by atomic mass is 32.1. The fourth-order valence-corrected chi connectivity index (χ4v) is 26.6. The molecule has 1 spiro atoms. The van der Waals surface area contributed by atoms with Crippen LogP contribution in [-0.4, -0.2) is 32.0 Å². The number of thiophene rings is 1. The second-order valence-corrected chi connectivity index (χ2v) is 40.3.